The lowest BCUT2D eigenvalue weighted by Crippen LogP contribution is -2.52. The van der Waals surface area contributed by atoms with E-state index in [0.29, 0.717) is 38.6 Å². The van der Waals surface area contributed by atoms with E-state index in [1.165, 1.54) is 4.90 Å². The summed E-state index contributed by atoms with van der Waals surface area (Å²) in [6, 6.07) is 6.18. The Morgan fingerprint density at radius 1 is 1.33 bits per heavy atom. The summed E-state index contributed by atoms with van der Waals surface area (Å²) in [7, 11) is 0. The fraction of sp³-hybridized carbons (Fsp3) is 0.450. The van der Waals surface area contributed by atoms with Crippen molar-refractivity contribution in [3.8, 4) is 0 Å². The number of benzene rings is 1. The molecule has 27 heavy (non-hydrogen) atoms. The molecule has 0 bridgehead atoms. The summed E-state index contributed by atoms with van der Waals surface area (Å²) in [5.41, 5.74) is 1.88. The Morgan fingerprint density at radius 3 is 2.85 bits per heavy atom. The first-order chi connectivity index (χ1) is 13.0. The number of hydrogen-bond donors (Lipinski definition) is 3. The molecule has 2 amide bonds. The maximum atomic E-state index is 13.1. The number of carbonyl (C=O) groups is 3. The molecule has 1 fully saturated rings. The van der Waals surface area contributed by atoms with Gasteiger partial charge >= 0.3 is 5.97 Å². The standard InChI is InChI=1S/C20H25N3O4/c1-2-6-18(24)22-16(19(25)23-10-5-9-17(23)20(26)27)11-13-12-21-15-8-4-3-7-14(13)15/h3-4,7-8,12,16-17,21H,2,5-6,9-11H2,1H3,(H,22,24)(H,26,27). The summed E-state index contributed by atoms with van der Waals surface area (Å²) in [6.07, 6.45) is 4.28. The summed E-state index contributed by atoms with van der Waals surface area (Å²) in [4.78, 5) is 41.3. The van der Waals surface area contributed by atoms with Crippen LogP contribution >= 0.6 is 0 Å². The number of aromatic nitrogens is 1. The van der Waals surface area contributed by atoms with Gasteiger partial charge in [-0.3, -0.25) is 9.59 Å². The molecule has 2 atom stereocenters. The fourth-order valence-corrected chi connectivity index (χ4v) is 3.70. The third-order valence-electron chi connectivity index (χ3n) is 5.03. The Balaban J connectivity index is 1.85. The highest BCUT2D eigenvalue weighted by atomic mass is 16.4. The van der Waals surface area contributed by atoms with Gasteiger partial charge in [0.15, 0.2) is 0 Å². The molecule has 1 aliphatic heterocycles. The van der Waals surface area contributed by atoms with Crippen LogP contribution in [-0.2, 0) is 20.8 Å². The van der Waals surface area contributed by atoms with Crippen LogP contribution in [0.3, 0.4) is 0 Å². The predicted octanol–water partition coefficient (Wildman–Crippen LogP) is 2.07. The molecule has 7 nitrogen and oxygen atoms in total. The van der Waals surface area contributed by atoms with Gasteiger partial charge in [0, 0.05) is 36.5 Å². The largest absolute Gasteiger partial charge is 0.480 e. The Bertz CT molecular complexity index is 845. The summed E-state index contributed by atoms with van der Waals surface area (Å²) in [5.74, 6) is -1.51. The molecule has 1 aromatic carbocycles. The molecule has 1 aliphatic rings. The number of nitrogens with one attached hydrogen (secondary N) is 2. The molecule has 3 rings (SSSR count). The van der Waals surface area contributed by atoms with Crippen molar-refractivity contribution in [2.24, 2.45) is 0 Å². The van der Waals surface area contributed by atoms with Gasteiger partial charge < -0.3 is 20.3 Å². The minimum Gasteiger partial charge on any atom is -0.480 e. The summed E-state index contributed by atoms with van der Waals surface area (Å²) >= 11 is 0. The van der Waals surface area contributed by atoms with E-state index in [1.54, 1.807) is 0 Å². The monoisotopic (exact) mass is 371 g/mol. The van der Waals surface area contributed by atoms with Crippen LogP contribution in [0.1, 0.15) is 38.2 Å². The normalized spacial score (nSPS) is 17.8. The third-order valence-corrected chi connectivity index (χ3v) is 5.03. The van der Waals surface area contributed by atoms with Crippen LogP contribution in [0, 0.1) is 0 Å². The Kier molecular flexibility index (Phi) is 5.78. The van der Waals surface area contributed by atoms with Gasteiger partial charge in [-0.25, -0.2) is 4.79 Å². The second kappa shape index (κ2) is 8.24. The van der Waals surface area contributed by atoms with Gasteiger partial charge in [0.25, 0.3) is 0 Å². The average molecular weight is 371 g/mol. The van der Waals surface area contributed by atoms with Gasteiger partial charge in [0.1, 0.15) is 12.1 Å². The Labute approximate surface area is 157 Å². The van der Waals surface area contributed by atoms with Gasteiger partial charge in [-0.1, -0.05) is 25.1 Å². The molecule has 2 heterocycles. The van der Waals surface area contributed by atoms with Crippen molar-refractivity contribution in [3.63, 3.8) is 0 Å². The number of carbonyl (C=O) groups excluding carboxylic acids is 2. The first kappa shape index (κ1) is 18.9. The molecule has 0 aliphatic carbocycles. The summed E-state index contributed by atoms with van der Waals surface area (Å²) in [6.45, 7) is 2.31. The lowest BCUT2D eigenvalue weighted by Gasteiger charge is -2.27. The molecule has 144 valence electrons. The summed E-state index contributed by atoms with van der Waals surface area (Å²) < 4.78 is 0. The lowest BCUT2D eigenvalue weighted by atomic mass is 10.0. The maximum Gasteiger partial charge on any atom is 0.326 e. The molecule has 1 aromatic heterocycles. The van der Waals surface area contributed by atoms with Gasteiger partial charge in [0.05, 0.1) is 0 Å². The summed E-state index contributed by atoms with van der Waals surface area (Å²) in [5, 5.41) is 13.2. The van der Waals surface area contributed by atoms with E-state index in [2.05, 4.69) is 10.3 Å². The molecule has 7 heteroatoms. The number of hydrogen-bond acceptors (Lipinski definition) is 3. The Morgan fingerprint density at radius 2 is 2.11 bits per heavy atom. The second-order valence-corrected chi connectivity index (χ2v) is 6.96. The third kappa shape index (κ3) is 4.13. The van der Waals surface area contributed by atoms with Crippen LogP contribution in [-0.4, -0.2) is 51.4 Å². The zero-order chi connectivity index (χ0) is 19.4. The number of aliphatic carboxylic acids is 1. The van der Waals surface area contributed by atoms with Crippen LogP contribution < -0.4 is 5.32 Å². The SMILES string of the molecule is CCCC(=O)NC(Cc1c[nH]c2ccccc12)C(=O)N1CCCC1C(=O)O. The highest BCUT2D eigenvalue weighted by molar-refractivity contribution is 5.92. The molecular formula is C20H25N3O4. The number of amides is 2. The van der Waals surface area contributed by atoms with E-state index in [4.69, 9.17) is 0 Å². The molecule has 0 radical (unpaired) electrons. The average Bonchev–Trinajstić information content (AvgIpc) is 3.28. The van der Waals surface area contributed by atoms with Gasteiger partial charge in [-0.05, 0) is 30.9 Å². The quantitative estimate of drug-likeness (QED) is 0.693. The van der Waals surface area contributed by atoms with Crippen LogP contribution in [0.2, 0.25) is 0 Å². The molecule has 0 saturated carbocycles. The zero-order valence-electron chi connectivity index (χ0n) is 15.4. The van der Waals surface area contributed by atoms with Crippen molar-refractivity contribution >= 4 is 28.7 Å². The van der Waals surface area contributed by atoms with Crippen LogP contribution in [0.15, 0.2) is 30.5 Å². The fourth-order valence-electron chi connectivity index (χ4n) is 3.70. The molecule has 2 unspecified atom stereocenters. The second-order valence-electron chi connectivity index (χ2n) is 6.96. The number of carboxylic acid groups (broad SMARTS) is 1. The van der Waals surface area contributed by atoms with Crippen molar-refractivity contribution in [2.75, 3.05) is 6.54 Å². The topological polar surface area (TPSA) is 103 Å². The Hall–Kier alpha value is -2.83. The maximum absolute atomic E-state index is 13.1. The van der Waals surface area contributed by atoms with E-state index >= 15 is 0 Å². The first-order valence-corrected chi connectivity index (χ1v) is 9.39. The van der Waals surface area contributed by atoms with Crippen LogP contribution in [0.5, 0.6) is 0 Å². The van der Waals surface area contributed by atoms with E-state index in [9.17, 15) is 19.5 Å². The van der Waals surface area contributed by atoms with Crippen molar-refractivity contribution in [1.29, 1.82) is 0 Å². The number of H-pyrrole nitrogens is 1. The van der Waals surface area contributed by atoms with Crippen LogP contribution in [0.4, 0.5) is 0 Å². The molecule has 1 saturated heterocycles. The number of para-hydroxylation sites is 1. The van der Waals surface area contributed by atoms with Crippen molar-refractivity contribution < 1.29 is 19.5 Å². The smallest absolute Gasteiger partial charge is 0.326 e. The molecule has 2 aromatic rings. The number of rotatable bonds is 7. The number of aromatic amines is 1. The molecule has 0 spiro atoms. The zero-order valence-corrected chi connectivity index (χ0v) is 15.4. The van der Waals surface area contributed by atoms with Crippen LogP contribution in [0.25, 0.3) is 10.9 Å². The van der Waals surface area contributed by atoms with E-state index in [0.717, 1.165) is 16.5 Å². The van der Waals surface area contributed by atoms with E-state index in [1.807, 2.05) is 37.4 Å². The van der Waals surface area contributed by atoms with Crippen molar-refractivity contribution in [1.82, 2.24) is 15.2 Å². The minimum atomic E-state index is -0.994. The minimum absolute atomic E-state index is 0.193. The lowest BCUT2D eigenvalue weighted by molar-refractivity contribution is -0.149. The number of nitrogens with zero attached hydrogens (tertiary/aromatic N) is 1. The highest BCUT2D eigenvalue weighted by Crippen LogP contribution is 2.22. The highest BCUT2D eigenvalue weighted by Gasteiger charge is 2.37. The first-order valence-electron chi connectivity index (χ1n) is 9.39. The van der Waals surface area contributed by atoms with E-state index in [-0.39, 0.29) is 11.8 Å². The number of carboxylic acids is 1. The number of fused-ring (bicyclic) bond motifs is 1. The van der Waals surface area contributed by atoms with Gasteiger partial charge in [-0.2, -0.15) is 0 Å². The van der Waals surface area contributed by atoms with Crippen molar-refractivity contribution in [3.05, 3.63) is 36.0 Å². The van der Waals surface area contributed by atoms with Crippen molar-refractivity contribution in [2.45, 2.75) is 51.1 Å². The number of likely N-dealkylation sites (tertiary alicyclic amines) is 1. The van der Waals surface area contributed by atoms with Gasteiger partial charge in [0.2, 0.25) is 11.8 Å². The van der Waals surface area contributed by atoms with E-state index < -0.39 is 18.1 Å². The van der Waals surface area contributed by atoms with Gasteiger partial charge in [-0.15, -0.1) is 0 Å². The molecular weight excluding hydrogens is 346 g/mol. The molecule has 3 N–H and O–H groups in total. The predicted molar refractivity (Wildman–Crippen MR) is 101 cm³/mol.